The summed E-state index contributed by atoms with van der Waals surface area (Å²) in [4.78, 5) is 24.0. The average molecular weight is 475 g/mol. The monoisotopic (exact) mass is 474 g/mol. The predicted molar refractivity (Wildman–Crippen MR) is 136 cm³/mol. The van der Waals surface area contributed by atoms with Gasteiger partial charge in [0.25, 0.3) is 5.91 Å². The van der Waals surface area contributed by atoms with Crippen LogP contribution in [0.5, 0.6) is 5.75 Å². The summed E-state index contributed by atoms with van der Waals surface area (Å²) in [6.07, 6.45) is 7.30. The van der Waals surface area contributed by atoms with Crippen molar-refractivity contribution >= 4 is 28.3 Å². The molecular formula is C26H30N6O3. The fraction of sp³-hybridized carbons (Fsp3) is 0.308. The number of carbonyl (C=O) groups is 1. The minimum Gasteiger partial charge on any atom is -0.497 e. The van der Waals surface area contributed by atoms with Gasteiger partial charge in [-0.1, -0.05) is 13.3 Å². The molecule has 4 rings (SSSR count). The van der Waals surface area contributed by atoms with E-state index in [1.807, 2.05) is 36.5 Å². The normalized spacial score (nSPS) is 11.0. The lowest BCUT2D eigenvalue weighted by molar-refractivity contribution is 0.0962. The van der Waals surface area contributed by atoms with Gasteiger partial charge >= 0.3 is 0 Å². The van der Waals surface area contributed by atoms with Crippen molar-refractivity contribution in [2.75, 3.05) is 32.2 Å². The van der Waals surface area contributed by atoms with Gasteiger partial charge in [0.05, 0.1) is 49.4 Å². The van der Waals surface area contributed by atoms with Gasteiger partial charge in [0.1, 0.15) is 5.75 Å². The smallest absolute Gasteiger partial charge is 0.251 e. The van der Waals surface area contributed by atoms with Gasteiger partial charge in [-0.15, -0.1) is 0 Å². The van der Waals surface area contributed by atoms with Crippen molar-refractivity contribution in [2.45, 2.75) is 26.3 Å². The zero-order valence-corrected chi connectivity index (χ0v) is 20.2. The molecule has 0 bridgehead atoms. The molecule has 0 saturated carbocycles. The first-order valence-electron chi connectivity index (χ1n) is 11.7. The molecule has 0 atom stereocenters. The fourth-order valence-electron chi connectivity index (χ4n) is 3.88. The summed E-state index contributed by atoms with van der Waals surface area (Å²) < 4.78 is 7.16. The van der Waals surface area contributed by atoms with Crippen LogP contribution in [0.1, 0.15) is 30.1 Å². The predicted octanol–water partition coefficient (Wildman–Crippen LogP) is 3.79. The summed E-state index contributed by atoms with van der Waals surface area (Å²) in [6, 6.07) is 11.5. The summed E-state index contributed by atoms with van der Waals surface area (Å²) >= 11 is 0. The van der Waals surface area contributed by atoms with E-state index >= 15 is 0 Å². The average Bonchev–Trinajstić information content (AvgIpc) is 3.36. The highest BCUT2D eigenvalue weighted by molar-refractivity contribution is 5.96. The van der Waals surface area contributed by atoms with Crippen molar-refractivity contribution in [2.24, 2.45) is 0 Å². The Morgan fingerprint density at radius 1 is 1.14 bits per heavy atom. The van der Waals surface area contributed by atoms with Gasteiger partial charge in [-0.25, -0.2) is 4.98 Å². The Bertz CT molecular complexity index is 1320. The summed E-state index contributed by atoms with van der Waals surface area (Å²) in [6.45, 7) is 3.36. The number of unbranched alkanes of at least 4 members (excludes halogenated alkanes) is 1. The van der Waals surface area contributed by atoms with Gasteiger partial charge < -0.3 is 20.1 Å². The number of hydrogen-bond acceptors (Lipinski definition) is 7. The van der Waals surface area contributed by atoms with Crippen molar-refractivity contribution < 1.29 is 14.6 Å². The van der Waals surface area contributed by atoms with E-state index in [4.69, 9.17) is 14.8 Å². The number of aliphatic hydroxyl groups is 1. The van der Waals surface area contributed by atoms with Gasteiger partial charge in [0.15, 0.2) is 0 Å². The molecule has 0 spiro atoms. The Hall–Kier alpha value is -3.98. The van der Waals surface area contributed by atoms with Crippen LogP contribution in [-0.2, 0) is 6.54 Å². The summed E-state index contributed by atoms with van der Waals surface area (Å²) in [5.74, 6) is 0.446. The van der Waals surface area contributed by atoms with Crippen molar-refractivity contribution in [1.82, 2.24) is 25.1 Å². The molecule has 0 aliphatic carbocycles. The van der Waals surface area contributed by atoms with Gasteiger partial charge in [0.2, 0.25) is 0 Å². The number of rotatable bonds is 10. The lowest BCUT2D eigenvalue weighted by atomic mass is 10.1. The molecule has 2 aromatic heterocycles. The van der Waals surface area contributed by atoms with Crippen LogP contribution in [0.2, 0.25) is 0 Å². The van der Waals surface area contributed by atoms with Crippen molar-refractivity contribution in [1.29, 1.82) is 0 Å². The standard InChI is InChI=1S/C26H30N6O3/c1-4-5-8-32(21-11-18(26(34)27-2)12-22(13-21)35-3)20-6-7-23-24(14-20)30-25(16-28-23)19-15-29-31(17-19)9-10-33/h6-7,11-17,33H,4-5,8-10H2,1-3H3,(H,27,34). The summed E-state index contributed by atoms with van der Waals surface area (Å²) in [5, 5.41) is 16.1. The second-order valence-electron chi connectivity index (χ2n) is 8.15. The maximum Gasteiger partial charge on any atom is 0.251 e. The molecule has 182 valence electrons. The number of nitrogens with zero attached hydrogens (tertiary/aromatic N) is 5. The molecule has 1 amide bonds. The molecule has 0 aliphatic heterocycles. The van der Waals surface area contributed by atoms with Crippen molar-refractivity contribution in [3.05, 3.63) is 60.6 Å². The maximum atomic E-state index is 12.4. The van der Waals surface area contributed by atoms with E-state index in [-0.39, 0.29) is 12.5 Å². The number of ether oxygens (including phenoxy) is 1. The molecule has 2 aromatic carbocycles. The van der Waals surface area contributed by atoms with Gasteiger partial charge in [-0.05, 0) is 36.8 Å². The van der Waals surface area contributed by atoms with Gasteiger partial charge in [-0.2, -0.15) is 5.10 Å². The highest BCUT2D eigenvalue weighted by Crippen LogP contribution is 2.32. The number of methoxy groups -OCH3 is 1. The molecule has 0 unspecified atom stereocenters. The highest BCUT2D eigenvalue weighted by atomic mass is 16.5. The quantitative estimate of drug-likeness (QED) is 0.360. The number of aromatic nitrogens is 4. The fourth-order valence-corrected chi connectivity index (χ4v) is 3.88. The number of amides is 1. The number of benzene rings is 2. The van der Waals surface area contributed by atoms with Crippen LogP contribution in [0.25, 0.3) is 22.3 Å². The second kappa shape index (κ2) is 11.0. The Morgan fingerprint density at radius 2 is 2.00 bits per heavy atom. The molecule has 2 N–H and O–H groups in total. The minimum atomic E-state index is -0.170. The van der Waals surface area contributed by atoms with Gasteiger partial charge in [0, 0.05) is 48.4 Å². The van der Waals surface area contributed by atoms with Crippen molar-refractivity contribution in [3.63, 3.8) is 0 Å². The second-order valence-corrected chi connectivity index (χ2v) is 8.15. The third-order valence-corrected chi connectivity index (χ3v) is 5.76. The lowest BCUT2D eigenvalue weighted by Crippen LogP contribution is -2.21. The molecule has 0 radical (unpaired) electrons. The Labute approximate surface area is 204 Å². The molecular weight excluding hydrogens is 444 g/mol. The number of aliphatic hydroxyl groups excluding tert-OH is 1. The molecule has 2 heterocycles. The van der Waals surface area contributed by atoms with Crippen LogP contribution >= 0.6 is 0 Å². The van der Waals surface area contributed by atoms with Crippen LogP contribution < -0.4 is 15.0 Å². The topological polar surface area (TPSA) is 105 Å². The zero-order chi connectivity index (χ0) is 24.8. The number of hydrogen-bond donors (Lipinski definition) is 2. The first kappa shape index (κ1) is 24.2. The largest absolute Gasteiger partial charge is 0.497 e. The van der Waals surface area contributed by atoms with E-state index in [1.165, 1.54) is 0 Å². The molecule has 9 heteroatoms. The third kappa shape index (κ3) is 5.41. The summed E-state index contributed by atoms with van der Waals surface area (Å²) in [5.41, 5.74) is 5.44. The van der Waals surface area contributed by atoms with Crippen LogP contribution in [-0.4, -0.2) is 58.1 Å². The number of fused-ring (bicyclic) bond motifs is 1. The summed E-state index contributed by atoms with van der Waals surface area (Å²) in [7, 11) is 3.21. The molecule has 0 aliphatic rings. The van der Waals surface area contributed by atoms with E-state index in [0.29, 0.717) is 23.6 Å². The lowest BCUT2D eigenvalue weighted by Gasteiger charge is -2.26. The number of nitrogens with one attached hydrogen (secondary N) is 1. The van der Waals surface area contributed by atoms with E-state index < -0.39 is 0 Å². The zero-order valence-electron chi connectivity index (χ0n) is 20.2. The number of carbonyl (C=O) groups excluding carboxylic acids is 1. The number of anilines is 2. The molecule has 9 nitrogen and oxygen atoms in total. The SMILES string of the molecule is CCCCN(c1cc(OC)cc(C(=O)NC)c1)c1ccc2ncc(-c3cnn(CCO)c3)nc2c1. The van der Waals surface area contributed by atoms with E-state index in [1.54, 1.807) is 37.3 Å². The first-order chi connectivity index (χ1) is 17.1. The Balaban J connectivity index is 1.76. The highest BCUT2D eigenvalue weighted by Gasteiger charge is 2.16. The van der Waals surface area contributed by atoms with Crippen LogP contribution in [0.15, 0.2) is 55.0 Å². The van der Waals surface area contributed by atoms with E-state index in [0.717, 1.165) is 47.4 Å². The van der Waals surface area contributed by atoms with Gasteiger partial charge in [-0.3, -0.25) is 14.5 Å². The van der Waals surface area contributed by atoms with E-state index in [2.05, 4.69) is 27.2 Å². The molecule has 0 fully saturated rings. The Kier molecular flexibility index (Phi) is 7.57. The van der Waals surface area contributed by atoms with Crippen molar-refractivity contribution in [3.8, 4) is 17.0 Å². The third-order valence-electron chi connectivity index (χ3n) is 5.76. The molecule has 35 heavy (non-hydrogen) atoms. The maximum absolute atomic E-state index is 12.4. The molecule has 4 aromatic rings. The van der Waals surface area contributed by atoms with Crippen LogP contribution in [0.4, 0.5) is 11.4 Å². The van der Waals surface area contributed by atoms with Crippen LogP contribution in [0, 0.1) is 0 Å². The van der Waals surface area contributed by atoms with Crippen LogP contribution in [0.3, 0.4) is 0 Å². The minimum absolute atomic E-state index is 0.0212. The molecule has 0 saturated heterocycles. The Morgan fingerprint density at radius 3 is 2.74 bits per heavy atom. The van der Waals surface area contributed by atoms with E-state index in [9.17, 15) is 4.79 Å². The first-order valence-corrected chi connectivity index (χ1v) is 11.7.